The standard InChI is InChI=1S/C11H12F3NO/c1-6-9(11(12,13)14)3-2-7-4-8(16)5-15-10(6)7/h2-3,8,15-16H,4-5H2,1H3. The van der Waals surface area contributed by atoms with Crippen LogP contribution in [0.3, 0.4) is 0 Å². The van der Waals surface area contributed by atoms with Gasteiger partial charge in [0.2, 0.25) is 0 Å². The number of rotatable bonds is 0. The lowest BCUT2D eigenvalue weighted by Crippen LogP contribution is -2.28. The molecule has 0 saturated heterocycles. The van der Waals surface area contributed by atoms with Gasteiger partial charge in [-0.25, -0.2) is 0 Å². The van der Waals surface area contributed by atoms with Crippen LogP contribution in [0.4, 0.5) is 18.9 Å². The number of halogens is 3. The molecule has 0 fully saturated rings. The van der Waals surface area contributed by atoms with Crippen LogP contribution in [0.25, 0.3) is 0 Å². The van der Waals surface area contributed by atoms with Crippen molar-refractivity contribution in [2.24, 2.45) is 0 Å². The molecule has 1 aliphatic rings. The molecule has 0 aliphatic carbocycles. The van der Waals surface area contributed by atoms with Crippen molar-refractivity contribution >= 4 is 5.69 Å². The molecule has 2 nitrogen and oxygen atoms in total. The first-order chi connectivity index (χ1) is 7.39. The van der Waals surface area contributed by atoms with Crippen LogP contribution in [0, 0.1) is 6.92 Å². The van der Waals surface area contributed by atoms with Crippen molar-refractivity contribution in [2.45, 2.75) is 25.6 Å². The van der Waals surface area contributed by atoms with Crippen molar-refractivity contribution in [3.8, 4) is 0 Å². The second-order valence-electron chi connectivity index (χ2n) is 4.01. The lowest BCUT2D eigenvalue weighted by atomic mass is 9.95. The molecule has 16 heavy (non-hydrogen) atoms. The summed E-state index contributed by atoms with van der Waals surface area (Å²) in [5.74, 6) is 0. The van der Waals surface area contributed by atoms with Gasteiger partial charge in [0.25, 0.3) is 0 Å². The Morgan fingerprint density at radius 2 is 2.06 bits per heavy atom. The molecule has 0 saturated carbocycles. The number of nitrogens with one attached hydrogen (secondary N) is 1. The zero-order valence-corrected chi connectivity index (χ0v) is 8.73. The van der Waals surface area contributed by atoms with Crippen molar-refractivity contribution in [3.63, 3.8) is 0 Å². The fraction of sp³-hybridized carbons (Fsp3) is 0.455. The third-order valence-electron chi connectivity index (χ3n) is 2.83. The van der Waals surface area contributed by atoms with Crippen molar-refractivity contribution in [2.75, 3.05) is 11.9 Å². The van der Waals surface area contributed by atoms with Gasteiger partial charge in [0.05, 0.1) is 11.7 Å². The van der Waals surface area contributed by atoms with Crippen LogP contribution in [0.15, 0.2) is 12.1 Å². The van der Waals surface area contributed by atoms with Gasteiger partial charge in [-0.1, -0.05) is 6.07 Å². The average molecular weight is 231 g/mol. The fourth-order valence-electron chi connectivity index (χ4n) is 2.04. The molecule has 0 aromatic heterocycles. The highest BCUT2D eigenvalue weighted by atomic mass is 19.4. The SMILES string of the molecule is Cc1c(C(F)(F)F)ccc2c1NCC(O)C2. The zero-order chi connectivity index (χ0) is 11.9. The summed E-state index contributed by atoms with van der Waals surface area (Å²) in [5.41, 5.74) is 0.844. The van der Waals surface area contributed by atoms with E-state index >= 15 is 0 Å². The number of anilines is 1. The lowest BCUT2D eigenvalue weighted by Gasteiger charge is -2.26. The summed E-state index contributed by atoms with van der Waals surface area (Å²) in [5, 5.41) is 12.2. The first-order valence-electron chi connectivity index (χ1n) is 5.01. The molecular weight excluding hydrogens is 219 g/mol. The van der Waals surface area contributed by atoms with Gasteiger partial charge in [0.1, 0.15) is 0 Å². The summed E-state index contributed by atoms with van der Waals surface area (Å²) < 4.78 is 37.9. The Morgan fingerprint density at radius 3 is 2.69 bits per heavy atom. The molecule has 2 rings (SSSR count). The minimum Gasteiger partial charge on any atom is -0.391 e. The second kappa shape index (κ2) is 3.66. The highest BCUT2D eigenvalue weighted by Crippen LogP contribution is 2.37. The smallest absolute Gasteiger partial charge is 0.391 e. The van der Waals surface area contributed by atoms with Crippen LogP contribution < -0.4 is 5.32 Å². The quantitative estimate of drug-likeness (QED) is 0.718. The van der Waals surface area contributed by atoms with Crippen molar-refractivity contribution in [1.82, 2.24) is 0 Å². The van der Waals surface area contributed by atoms with E-state index in [4.69, 9.17) is 0 Å². The van der Waals surface area contributed by atoms with E-state index in [1.54, 1.807) is 0 Å². The van der Waals surface area contributed by atoms with Crippen LogP contribution in [0.1, 0.15) is 16.7 Å². The molecule has 88 valence electrons. The van der Waals surface area contributed by atoms with E-state index in [9.17, 15) is 18.3 Å². The van der Waals surface area contributed by atoms with Crippen LogP contribution in [-0.2, 0) is 12.6 Å². The van der Waals surface area contributed by atoms with E-state index in [0.29, 0.717) is 18.7 Å². The topological polar surface area (TPSA) is 32.3 Å². The predicted octanol–water partition coefficient (Wildman–Crippen LogP) is 2.34. The molecule has 5 heteroatoms. The monoisotopic (exact) mass is 231 g/mol. The number of aliphatic hydroxyl groups excluding tert-OH is 1. The minimum atomic E-state index is -4.32. The third kappa shape index (κ3) is 1.87. The Balaban J connectivity index is 2.48. The summed E-state index contributed by atoms with van der Waals surface area (Å²) in [6.45, 7) is 1.75. The third-order valence-corrected chi connectivity index (χ3v) is 2.83. The average Bonchev–Trinajstić information content (AvgIpc) is 2.15. The Bertz CT molecular complexity index is 414. The highest BCUT2D eigenvalue weighted by Gasteiger charge is 2.34. The van der Waals surface area contributed by atoms with Gasteiger partial charge in [-0.2, -0.15) is 13.2 Å². The maximum Gasteiger partial charge on any atom is 0.416 e. The highest BCUT2D eigenvalue weighted by molar-refractivity contribution is 5.62. The first kappa shape index (κ1) is 11.3. The largest absolute Gasteiger partial charge is 0.416 e. The van der Waals surface area contributed by atoms with Gasteiger partial charge < -0.3 is 10.4 Å². The number of aliphatic hydroxyl groups is 1. The first-order valence-corrected chi connectivity index (χ1v) is 5.01. The summed E-state index contributed by atoms with van der Waals surface area (Å²) >= 11 is 0. The maximum absolute atomic E-state index is 12.6. The van der Waals surface area contributed by atoms with E-state index in [0.717, 1.165) is 11.6 Å². The van der Waals surface area contributed by atoms with E-state index < -0.39 is 17.8 Å². The molecule has 0 bridgehead atoms. The molecule has 1 aromatic carbocycles. The summed E-state index contributed by atoms with van der Waals surface area (Å²) in [4.78, 5) is 0. The van der Waals surface area contributed by atoms with E-state index in [-0.39, 0.29) is 5.56 Å². The van der Waals surface area contributed by atoms with Gasteiger partial charge in [-0.3, -0.25) is 0 Å². The summed E-state index contributed by atoms with van der Waals surface area (Å²) in [7, 11) is 0. The molecule has 1 unspecified atom stereocenters. The van der Waals surface area contributed by atoms with E-state index in [1.807, 2.05) is 0 Å². The van der Waals surface area contributed by atoms with Gasteiger partial charge in [-0.05, 0) is 24.1 Å². The Hall–Kier alpha value is -1.23. The van der Waals surface area contributed by atoms with E-state index in [1.165, 1.54) is 13.0 Å². The fourth-order valence-corrected chi connectivity index (χ4v) is 2.04. The van der Waals surface area contributed by atoms with Crippen molar-refractivity contribution < 1.29 is 18.3 Å². The number of fused-ring (bicyclic) bond motifs is 1. The maximum atomic E-state index is 12.6. The zero-order valence-electron chi connectivity index (χ0n) is 8.73. The number of hydrogen-bond donors (Lipinski definition) is 2. The van der Waals surface area contributed by atoms with Crippen molar-refractivity contribution in [3.05, 3.63) is 28.8 Å². The van der Waals surface area contributed by atoms with Crippen LogP contribution in [0.2, 0.25) is 0 Å². The predicted molar refractivity (Wildman–Crippen MR) is 54.4 cm³/mol. The second-order valence-corrected chi connectivity index (χ2v) is 4.01. The number of benzene rings is 1. The summed E-state index contributed by atoms with van der Waals surface area (Å²) in [6.07, 6.45) is -4.44. The summed E-state index contributed by atoms with van der Waals surface area (Å²) in [6, 6.07) is 2.51. The normalized spacial score (nSPS) is 20.2. The molecule has 1 heterocycles. The molecule has 0 amide bonds. The number of alkyl halides is 3. The molecule has 1 aromatic rings. The van der Waals surface area contributed by atoms with Crippen molar-refractivity contribution in [1.29, 1.82) is 0 Å². The van der Waals surface area contributed by atoms with Gasteiger partial charge in [0.15, 0.2) is 0 Å². The van der Waals surface area contributed by atoms with E-state index in [2.05, 4.69) is 5.32 Å². The van der Waals surface area contributed by atoms with Crippen LogP contribution in [0.5, 0.6) is 0 Å². The molecule has 0 spiro atoms. The Morgan fingerprint density at radius 1 is 1.38 bits per heavy atom. The molecular formula is C11H12F3NO. The van der Waals surface area contributed by atoms with Gasteiger partial charge >= 0.3 is 6.18 Å². The molecule has 0 radical (unpaired) electrons. The van der Waals surface area contributed by atoms with Crippen LogP contribution >= 0.6 is 0 Å². The van der Waals surface area contributed by atoms with Gasteiger partial charge in [-0.15, -0.1) is 0 Å². The Kier molecular flexibility index (Phi) is 2.58. The van der Waals surface area contributed by atoms with Gasteiger partial charge in [0, 0.05) is 18.7 Å². The number of β-amino-alcohol motifs (C(OH)–C–C–N with tert-alkyl or cyclic N) is 1. The minimum absolute atomic E-state index is 0.205. The number of hydrogen-bond acceptors (Lipinski definition) is 2. The van der Waals surface area contributed by atoms with Crippen LogP contribution in [-0.4, -0.2) is 17.8 Å². The Labute approximate surface area is 91.1 Å². The molecule has 2 N–H and O–H groups in total. The molecule has 1 aliphatic heterocycles. The molecule has 1 atom stereocenters. The lowest BCUT2D eigenvalue weighted by molar-refractivity contribution is -0.138.